The fourth-order valence-corrected chi connectivity index (χ4v) is 6.77. The van der Waals surface area contributed by atoms with Gasteiger partial charge in [-0.3, -0.25) is 0 Å². The largest absolute Gasteiger partial charge is 0.460 e. The van der Waals surface area contributed by atoms with E-state index < -0.39 is 65.1 Å². The summed E-state index contributed by atoms with van der Waals surface area (Å²) in [5.74, 6) is -11.9. The number of hydrogen-bond acceptors (Lipinski definition) is 15. The number of ether oxygens (including phenoxy) is 4. The van der Waals surface area contributed by atoms with Gasteiger partial charge in [0.1, 0.15) is 18.3 Å². The molecule has 15 nitrogen and oxygen atoms in total. The number of aliphatic hydroxyl groups is 10. The third-order valence-corrected chi connectivity index (χ3v) is 9.50. The van der Waals surface area contributed by atoms with Gasteiger partial charge in [0.05, 0.1) is 23.9 Å². The van der Waals surface area contributed by atoms with E-state index in [1.807, 2.05) is 39.0 Å². The third kappa shape index (κ3) is 7.78. The topological polar surface area (TPSA) is 256 Å². The Morgan fingerprint density at radius 1 is 1.02 bits per heavy atom. The summed E-state index contributed by atoms with van der Waals surface area (Å²) in [6.07, 6.45) is 2.52. The predicted molar refractivity (Wildman–Crippen MR) is 155 cm³/mol. The SMILES string of the molecule is COC1C=CC2(C)C(=C1)C(C)(O)CCC2C(O)CCC(OC)(C(O)CC(C)C)C(COC(=O)C(O)(C(O)(O)O)C(O)(O)O)OC. The van der Waals surface area contributed by atoms with Crippen molar-refractivity contribution in [2.24, 2.45) is 17.3 Å². The zero-order chi connectivity index (χ0) is 34.8. The molecule has 0 radical (unpaired) electrons. The summed E-state index contributed by atoms with van der Waals surface area (Å²) in [6.45, 7) is 6.38. The van der Waals surface area contributed by atoms with Crippen LogP contribution < -0.4 is 0 Å². The van der Waals surface area contributed by atoms with Gasteiger partial charge >= 0.3 is 23.5 Å². The van der Waals surface area contributed by atoms with E-state index in [9.17, 15) is 55.9 Å². The molecule has 45 heavy (non-hydrogen) atoms. The molecule has 0 spiro atoms. The van der Waals surface area contributed by atoms with E-state index in [0.717, 1.165) is 0 Å². The molecule has 2 rings (SSSR count). The van der Waals surface area contributed by atoms with Crippen molar-refractivity contribution in [3.63, 3.8) is 0 Å². The van der Waals surface area contributed by atoms with Crippen molar-refractivity contribution in [1.29, 1.82) is 0 Å². The lowest BCUT2D eigenvalue weighted by atomic mass is 9.56. The zero-order valence-electron chi connectivity index (χ0n) is 27.0. The van der Waals surface area contributed by atoms with Gasteiger partial charge in [-0.15, -0.1) is 0 Å². The first-order valence-corrected chi connectivity index (χ1v) is 14.8. The number of rotatable bonds is 16. The average Bonchev–Trinajstić information content (AvgIpc) is 2.92. The standard InChI is InChI=1S/C30H52O15/c1-17(2)14-22(32)27(44-7,23(43-6)16-45-24(33)28(35,29(36,37)38)30(39,40)41)13-10-20(31)19-9-12-26(4,34)21-15-18(42-5)8-11-25(19,21)3/h8,11,15,17-20,22-23,31-32,34-41H,9-10,12-14,16H2,1-7H3. The minimum atomic E-state index is -4.57. The quantitative estimate of drug-likeness (QED) is 0.0499. The van der Waals surface area contributed by atoms with Crippen LogP contribution >= 0.6 is 0 Å². The van der Waals surface area contributed by atoms with Crippen molar-refractivity contribution in [2.45, 2.75) is 113 Å². The second-order valence-corrected chi connectivity index (χ2v) is 13.1. The summed E-state index contributed by atoms with van der Waals surface area (Å²) >= 11 is 0. The summed E-state index contributed by atoms with van der Waals surface area (Å²) in [4.78, 5) is 12.6. The first kappa shape index (κ1) is 39.6. The number of carbonyl (C=O) groups is 1. The van der Waals surface area contributed by atoms with Gasteiger partial charge in [0, 0.05) is 26.7 Å². The Kier molecular flexibility index (Phi) is 12.6. The van der Waals surface area contributed by atoms with Crippen molar-refractivity contribution in [2.75, 3.05) is 27.9 Å². The van der Waals surface area contributed by atoms with Gasteiger partial charge in [-0.2, -0.15) is 0 Å². The molecule has 0 heterocycles. The molecule has 1 saturated carbocycles. The number of methoxy groups -OCH3 is 3. The molecule has 0 saturated heterocycles. The number of carbonyl (C=O) groups excluding carboxylic acids is 1. The predicted octanol–water partition coefficient (Wildman–Crippen LogP) is -1.85. The molecule has 1 fully saturated rings. The van der Waals surface area contributed by atoms with Crippen molar-refractivity contribution in [3.05, 3.63) is 23.8 Å². The molecule has 2 aliphatic carbocycles. The highest BCUT2D eigenvalue weighted by molar-refractivity contribution is 5.81. The van der Waals surface area contributed by atoms with Crippen LogP contribution in [-0.2, 0) is 23.7 Å². The summed E-state index contributed by atoms with van der Waals surface area (Å²) in [5, 5.41) is 101. The van der Waals surface area contributed by atoms with E-state index in [1.165, 1.54) is 14.2 Å². The molecule has 0 aromatic rings. The molecule has 10 N–H and O–H groups in total. The van der Waals surface area contributed by atoms with Crippen LogP contribution in [0.25, 0.3) is 0 Å². The molecule has 15 heteroatoms. The maximum Gasteiger partial charge on any atom is 0.355 e. The van der Waals surface area contributed by atoms with Crippen molar-refractivity contribution in [1.82, 2.24) is 0 Å². The van der Waals surface area contributed by atoms with Gasteiger partial charge in [0.2, 0.25) is 0 Å². The van der Waals surface area contributed by atoms with Crippen LogP contribution in [0.3, 0.4) is 0 Å². The van der Waals surface area contributed by atoms with Crippen LogP contribution in [-0.4, -0.2) is 138 Å². The smallest absolute Gasteiger partial charge is 0.355 e. The van der Waals surface area contributed by atoms with Gasteiger partial charge in [-0.05, 0) is 62.5 Å². The highest BCUT2D eigenvalue weighted by Crippen LogP contribution is 2.54. The minimum absolute atomic E-state index is 0.0258. The summed E-state index contributed by atoms with van der Waals surface area (Å²) in [5.41, 5.74) is -7.33. The van der Waals surface area contributed by atoms with E-state index in [2.05, 4.69) is 0 Å². The maximum absolute atomic E-state index is 12.6. The van der Waals surface area contributed by atoms with Gasteiger partial charge in [-0.1, -0.05) is 32.9 Å². The Morgan fingerprint density at radius 2 is 1.60 bits per heavy atom. The van der Waals surface area contributed by atoms with E-state index in [-0.39, 0.29) is 37.2 Å². The van der Waals surface area contributed by atoms with E-state index in [1.54, 1.807) is 14.0 Å². The van der Waals surface area contributed by atoms with Gasteiger partial charge in [0.25, 0.3) is 0 Å². The highest BCUT2D eigenvalue weighted by atomic mass is 16.8. The van der Waals surface area contributed by atoms with Gasteiger partial charge in [0.15, 0.2) is 0 Å². The van der Waals surface area contributed by atoms with E-state index in [4.69, 9.17) is 18.9 Å². The first-order chi connectivity index (χ1) is 20.5. The fraction of sp³-hybridized carbons (Fsp3) is 0.833. The number of esters is 1. The van der Waals surface area contributed by atoms with Crippen LogP contribution in [0.2, 0.25) is 0 Å². The molecule has 8 atom stereocenters. The molecular weight excluding hydrogens is 600 g/mol. The van der Waals surface area contributed by atoms with Crippen LogP contribution in [0.4, 0.5) is 0 Å². The van der Waals surface area contributed by atoms with Crippen LogP contribution in [0.5, 0.6) is 0 Å². The van der Waals surface area contributed by atoms with Crippen molar-refractivity contribution >= 4 is 5.97 Å². The lowest BCUT2D eigenvalue weighted by Gasteiger charge is -2.52. The molecule has 0 amide bonds. The van der Waals surface area contributed by atoms with Crippen LogP contribution in [0.15, 0.2) is 23.8 Å². The number of aliphatic hydroxyl groups excluding tert-OH is 2. The molecule has 2 aliphatic rings. The van der Waals surface area contributed by atoms with Gasteiger partial charge in [-0.25, -0.2) is 4.79 Å². The zero-order valence-corrected chi connectivity index (χ0v) is 27.0. The fourth-order valence-electron chi connectivity index (χ4n) is 6.77. The number of allylic oxidation sites excluding steroid dienone is 1. The van der Waals surface area contributed by atoms with E-state index >= 15 is 0 Å². The lowest BCUT2D eigenvalue weighted by molar-refractivity contribution is -0.481. The second kappa shape index (κ2) is 14.3. The maximum atomic E-state index is 12.6. The summed E-state index contributed by atoms with van der Waals surface area (Å²) in [7, 11) is 3.99. The molecule has 0 aromatic heterocycles. The molecule has 0 aromatic carbocycles. The monoisotopic (exact) mass is 652 g/mol. The Labute approximate surface area is 262 Å². The van der Waals surface area contributed by atoms with E-state index in [0.29, 0.717) is 18.4 Å². The molecule has 262 valence electrons. The Hall–Kier alpha value is -1.57. The van der Waals surface area contributed by atoms with Crippen molar-refractivity contribution < 1.29 is 74.8 Å². The Bertz CT molecular complexity index is 1040. The average molecular weight is 653 g/mol. The number of fused-ring (bicyclic) bond motifs is 1. The minimum Gasteiger partial charge on any atom is -0.460 e. The first-order valence-electron chi connectivity index (χ1n) is 14.8. The van der Waals surface area contributed by atoms with Crippen LogP contribution in [0, 0.1) is 17.3 Å². The highest BCUT2D eigenvalue weighted by Gasteiger charge is 2.69. The molecule has 0 aliphatic heterocycles. The third-order valence-electron chi connectivity index (χ3n) is 9.50. The molecule has 8 unspecified atom stereocenters. The number of hydrogen-bond donors (Lipinski definition) is 10. The molecule has 0 bridgehead atoms. The summed E-state index contributed by atoms with van der Waals surface area (Å²) < 4.78 is 21.6. The lowest BCUT2D eigenvalue weighted by Crippen LogP contribution is -2.73. The molecular formula is C30H52O15. The Balaban J connectivity index is 2.41. The second-order valence-electron chi connectivity index (χ2n) is 13.1. The van der Waals surface area contributed by atoms with Crippen molar-refractivity contribution in [3.8, 4) is 0 Å². The van der Waals surface area contributed by atoms with Crippen LogP contribution in [0.1, 0.15) is 59.8 Å². The normalized spacial score (nSPS) is 29.4. The van der Waals surface area contributed by atoms with Gasteiger partial charge < -0.3 is 70.0 Å². The Morgan fingerprint density at radius 3 is 2.07 bits per heavy atom. The summed E-state index contributed by atoms with van der Waals surface area (Å²) in [6, 6.07) is 0.